The van der Waals surface area contributed by atoms with Gasteiger partial charge in [-0.1, -0.05) is 26.8 Å². The molecular weight excluding hydrogens is 250 g/mol. The fourth-order valence-electron chi connectivity index (χ4n) is 1.57. The zero-order valence-corrected chi connectivity index (χ0v) is 12.1. The van der Waals surface area contributed by atoms with Gasteiger partial charge in [0.15, 0.2) is 0 Å². The Morgan fingerprint density at radius 2 is 2.06 bits per heavy atom. The first-order valence-electron chi connectivity index (χ1n) is 5.93. The van der Waals surface area contributed by atoms with Gasteiger partial charge in [0.1, 0.15) is 5.75 Å². The predicted molar refractivity (Wildman–Crippen MR) is 75.7 cm³/mol. The van der Waals surface area contributed by atoms with Crippen LogP contribution in [0.15, 0.2) is 18.2 Å². The van der Waals surface area contributed by atoms with E-state index in [0.29, 0.717) is 23.7 Å². The molecule has 4 heteroatoms. The van der Waals surface area contributed by atoms with Crippen LogP contribution in [0.3, 0.4) is 0 Å². The SMILES string of the molecule is COc1ccc(C(C)(C)C)cc1NC(=O)CCCl. The highest BCUT2D eigenvalue weighted by atomic mass is 35.5. The van der Waals surface area contributed by atoms with E-state index in [1.54, 1.807) is 7.11 Å². The van der Waals surface area contributed by atoms with Gasteiger partial charge < -0.3 is 10.1 Å². The molecule has 0 fully saturated rings. The molecule has 0 radical (unpaired) electrons. The predicted octanol–water partition coefficient (Wildman–Crippen LogP) is 3.56. The number of ether oxygens (including phenoxy) is 1. The quantitative estimate of drug-likeness (QED) is 0.849. The summed E-state index contributed by atoms with van der Waals surface area (Å²) in [6.07, 6.45) is 0.296. The molecular formula is C14H20ClNO2. The second kappa shape index (κ2) is 6.10. The van der Waals surface area contributed by atoms with Crippen LogP contribution in [0.2, 0.25) is 0 Å². The third-order valence-electron chi connectivity index (χ3n) is 2.66. The number of hydrogen-bond acceptors (Lipinski definition) is 2. The average Bonchev–Trinajstić information content (AvgIpc) is 2.28. The molecule has 18 heavy (non-hydrogen) atoms. The topological polar surface area (TPSA) is 38.3 Å². The second-order valence-electron chi connectivity index (χ2n) is 5.15. The Labute approximate surface area is 113 Å². The first-order chi connectivity index (χ1) is 8.38. The van der Waals surface area contributed by atoms with Crippen molar-refractivity contribution in [3.05, 3.63) is 23.8 Å². The minimum atomic E-state index is -0.102. The number of carbonyl (C=O) groups excluding carboxylic acids is 1. The fourth-order valence-corrected chi connectivity index (χ4v) is 1.74. The van der Waals surface area contributed by atoms with E-state index in [1.165, 1.54) is 0 Å². The summed E-state index contributed by atoms with van der Waals surface area (Å²) in [6.45, 7) is 6.37. The number of benzene rings is 1. The van der Waals surface area contributed by atoms with E-state index in [9.17, 15) is 4.79 Å². The maximum atomic E-state index is 11.6. The van der Waals surface area contributed by atoms with E-state index < -0.39 is 0 Å². The van der Waals surface area contributed by atoms with Gasteiger partial charge in [-0.05, 0) is 23.1 Å². The van der Waals surface area contributed by atoms with E-state index in [2.05, 4.69) is 26.1 Å². The van der Waals surface area contributed by atoms with Gasteiger partial charge in [-0.15, -0.1) is 11.6 Å². The summed E-state index contributed by atoms with van der Waals surface area (Å²) in [7, 11) is 1.59. The highest BCUT2D eigenvalue weighted by Gasteiger charge is 2.16. The Kier molecular flexibility index (Phi) is 5.03. The average molecular weight is 270 g/mol. The lowest BCUT2D eigenvalue weighted by Crippen LogP contribution is -2.15. The second-order valence-corrected chi connectivity index (χ2v) is 5.53. The van der Waals surface area contributed by atoms with E-state index in [4.69, 9.17) is 16.3 Å². The summed E-state index contributed by atoms with van der Waals surface area (Å²) in [5.74, 6) is 0.868. The number of anilines is 1. The molecule has 100 valence electrons. The molecule has 0 aliphatic carbocycles. The minimum absolute atomic E-state index is 0.0260. The van der Waals surface area contributed by atoms with Crippen molar-refractivity contribution in [2.45, 2.75) is 32.6 Å². The third kappa shape index (κ3) is 3.91. The summed E-state index contributed by atoms with van der Waals surface area (Å²) in [6, 6.07) is 5.83. The van der Waals surface area contributed by atoms with Gasteiger partial charge in [0, 0.05) is 12.3 Å². The van der Waals surface area contributed by atoms with Crippen LogP contribution in [-0.4, -0.2) is 18.9 Å². The number of alkyl halides is 1. The van der Waals surface area contributed by atoms with Gasteiger partial charge in [0.25, 0.3) is 0 Å². The van der Waals surface area contributed by atoms with Gasteiger partial charge in [-0.25, -0.2) is 0 Å². The summed E-state index contributed by atoms with van der Waals surface area (Å²) >= 11 is 5.55. The molecule has 0 spiro atoms. The molecule has 0 aliphatic rings. The summed E-state index contributed by atoms with van der Waals surface area (Å²) in [4.78, 5) is 11.6. The molecule has 0 bridgehead atoms. The van der Waals surface area contributed by atoms with E-state index in [-0.39, 0.29) is 11.3 Å². The van der Waals surface area contributed by atoms with Crippen molar-refractivity contribution in [1.29, 1.82) is 0 Å². The number of hydrogen-bond donors (Lipinski definition) is 1. The number of amides is 1. The minimum Gasteiger partial charge on any atom is -0.495 e. The third-order valence-corrected chi connectivity index (χ3v) is 2.85. The normalized spacial score (nSPS) is 11.2. The van der Waals surface area contributed by atoms with Crippen LogP contribution in [0.25, 0.3) is 0 Å². The van der Waals surface area contributed by atoms with Crippen molar-refractivity contribution < 1.29 is 9.53 Å². The molecule has 1 aromatic carbocycles. The lowest BCUT2D eigenvalue weighted by molar-refractivity contribution is -0.115. The van der Waals surface area contributed by atoms with Crippen molar-refractivity contribution in [1.82, 2.24) is 0 Å². The molecule has 3 nitrogen and oxygen atoms in total. The van der Waals surface area contributed by atoms with Crippen molar-refractivity contribution in [3.63, 3.8) is 0 Å². The van der Waals surface area contributed by atoms with Crippen molar-refractivity contribution in [2.24, 2.45) is 0 Å². The van der Waals surface area contributed by atoms with Crippen LogP contribution >= 0.6 is 11.6 Å². The number of nitrogens with one attached hydrogen (secondary N) is 1. The highest BCUT2D eigenvalue weighted by molar-refractivity contribution is 6.19. The fraction of sp³-hybridized carbons (Fsp3) is 0.500. The van der Waals surface area contributed by atoms with E-state index in [1.807, 2.05) is 18.2 Å². The molecule has 1 amide bonds. The molecule has 0 unspecified atom stereocenters. The van der Waals surface area contributed by atoms with Crippen LogP contribution in [0.4, 0.5) is 5.69 Å². The highest BCUT2D eigenvalue weighted by Crippen LogP contribution is 2.31. The molecule has 0 saturated carbocycles. The number of halogens is 1. The Hall–Kier alpha value is -1.22. The monoisotopic (exact) mass is 269 g/mol. The summed E-state index contributed by atoms with van der Waals surface area (Å²) in [5, 5.41) is 2.83. The molecule has 1 N–H and O–H groups in total. The van der Waals surface area contributed by atoms with Crippen molar-refractivity contribution in [3.8, 4) is 5.75 Å². The van der Waals surface area contributed by atoms with Gasteiger partial charge in [0.2, 0.25) is 5.91 Å². The largest absolute Gasteiger partial charge is 0.495 e. The molecule has 1 aromatic rings. The lowest BCUT2D eigenvalue weighted by Gasteiger charge is -2.21. The van der Waals surface area contributed by atoms with Crippen LogP contribution in [-0.2, 0) is 10.2 Å². The van der Waals surface area contributed by atoms with E-state index in [0.717, 1.165) is 5.56 Å². The Bertz CT molecular complexity index is 424. The molecule has 1 rings (SSSR count). The first-order valence-corrected chi connectivity index (χ1v) is 6.46. The van der Waals surface area contributed by atoms with Crippen molar-refractivity contribution in [2.75, 3.05) is 18.3 Å². The maximum Gasteiger partial charge on any atom is 0.225 e. The van der Waals surface area contributed by atoms with Gasteiger partial charge >= 0.3 is 0 Å². The molecule has 0 heterocycles. The Morgan fingerprint density at radius 1 is 1.39 bits per heavy atom. The summed E-state index contributed by atoms with van der Waals surface area (Å²) in [5.41, 5.74) is 1.86. The van der Waals surface area contributed by atoms with Crippen LogP contribution in [0.1, 0.15) is 32.8 Å². The molecule has 0 aromatic heterocycles. The van der Waals surface area contributed by atoms with E-state index >= 15 is 0 Å². The molecule has 0 saturated heterocycles. The van der Waals surface area contributed by atoms with Crippen LogP contribution in [0, 0.1) is 0 Å². The zero-order chi connectivity index (χ0) is 13.8. The van der Waals surface area contributed by atoms with Gasteiger partial charge in [0.05, 0.1) is 12.8 Å². The first kappa shape index (κ1) is 14.8. The Balaban J connectivity index is 3.03. The van der Waals surface area contributed by atoms with Gasteiger partial charge in [-0.3, -0.25) is 4.79 Å². The number of methoxy groups -OCH3 is 1. The van der Waals surface area contributed by atoms with Crippen LogP contribution in [0.5, 0.6) is 5.75 Å². The number of carbonyl (C=O) groups is 1. The molecule has 0 atom stereocenters. The number of rotatable bonds is 4. The Morgan fingerprint density at radius 3 is 2.56 bits per heavy atom. The summed E-state index contributed by atoms with van der Waals surface area (Å²) < 4.78 is 5.24. The smallest absolute Gasteiger partial charge is 0.225 e. The van der Waals surface area contributed by atoms with Crippen LogP contribution < -0.4 is 10.1 Å². The zero-order valence-electron chi connectivity index (χ0n) is 11.3. The molecule has 0 aliphatic heterocycles. The lowest BCUT2D eigenvalue weighted by atomic mass is 9.87. The standard InChI is InChI=1S/C14H20ClNO2/c1-14(2,3)10-5-6-12(18-4)11(9-10)16-13(17)7-8-15/h5-6,9H,7-8H2,1-4H3,(H,16,17). The van der Waals surface area contributed by atoms with Gasteiger partial charge in [-0.2, -0.15) is 0 Å². The van der Waals surface area contributed by atoms with Crippen molar-refractivity contribution >= 4 is 23.2 Å². The maximum absolute atomic E-state index is 11.6.